The van der Waals surface area contributed by atoms with Crippen molar-refractivity contribution in [2.24, 2.45) is 0 Å². The quantitative estimate of drug-likeness (QED) is 0.606. The number of aryl methyl sites for hydroxylation is 2. The van der Waals surface area contributed by atoms with Gasteiger partial charge in [0.25, 0.3) is 5.91 Å². The number of hydrogen-bond donors (Lipinski definition) is 1. The van der Waals surface area contributed by atoms with Gasteiger partial charge in [0.05, 0.1) is 6.42 Å². The number of nitrogens with one attached hydrogen (secondary N) is 1. The summed E-state index contributed by atoms with van der Waals surface area (Å²) in [5, 5.41) is 2.67. The molecule has 0 radical (unpaired) electrons. The third-order valence-electron chi connectivity index (χ3n) is 3.97. The molecule has 136 valence electrons. The number of ether oxygens (including phenoxy) is 1. The molecule has 5 nitrogen and oxygen atoms in total. The fraction of sp³-hybridized carbons (Fsp3) is 0.286. The molecule has 26 heavy (non-hydrogen) atoms. The Bertz CT molecular complexity index is 799. The average molecular weight is 353 g/mol. The highest BCUT2D eigenvalue weighted by atomic mass is 16.5. The van der Waals surface area contributed by atoms with E-state index in [-0.39, 0.29) is 18.6 Å². The number of hydrogen-bond acceptors (Lipinski definition) is 4. The van der Waals surface area contributed by atoms with E-state index in [2.05, 4.69) is 5.32 Å². The van der Waals surface area contributed by atoms with E-state index in [1.807, 2.05) is 38.1 Å². The van der Waals surface area contributed by atoms with Crippen LogP contribution in [0.2, 0.25) is 0 Å². The van der Waals surface area contributed by atoms with Crippen LogP contribution in [-0.4, -0.2) is 23.8 Å². The molecule has 1 N–H and O–H groups in total. The van der Waals surface area contributed by atoms with Crippen molar-refractivity contribution in [3.05, 3.63) is 65.2 Å². The lowest BCUT2D eigenvalue weighted by Crippen LogP contribution is -2.30. The smallest absolute Gasteiger partial charge is 0.307 e. The molecule has 0 aliphatic rings. The van der Waals surface area contributed by atoms with Crippen LogP contribution in [0, 0.1) is 13.8 Å². The standard InChI is InChI=1S/C21H23NO4/c1-14-9-10-15(2)18(13-14)19(23)11-12-20(24)26-16(3)21(25)22-17-7-5-4-6-8-17/h4-10,13,16H,11-12H2,1-3H3,(H,22,25)/t16-/m0/s1. The number of amides is 1. The van der Waals surface area contributed by atoms with Gasteiger partial charge >= 0.3 is 5.97 Å². The first-order chi connectivity index (χ1) is 12.4. The summed E-state index contributed by atoms with van der Waals surface area (Å²) >= 11 is 0. The summed E-state index contributed by atoms with van der Waals surface area (Å²) in [5.74, 6) is -1.09. The van der Waals surface area contributed by atoms with Gasteiger partial charge in [-0.1, -0.05) is 35.9 Å². The van der Waals surface area contributed by atoms with Gasteiger partial charge in [0.1, 0.15) is 0 Å². The van der Waals surface area contributed by atoms with Crippen LogP contribution < -0.4 is 5.32 Å². The molecule has 2 rings (SSSR count). The molecule has 0 spiro atoms. The van der Waals surface area contributed by atoms with Crippen molar-refractivity contribution in [3.8, 4) is 0 Å². The topological polar surface area (TPSA) is 72.5 Å². The van der Waals surface area contributed by atoms with E-state index in [1.165, 1.54) is 6.92 Å². The summed E-state index contributed by atoms with van der Waals surface area (Å²) in [6.07, 6.45) is -0.941. The van der Waals surface area contributed by atoms with Gasteiger partial charge in [0.2, 0.25) is 0 Å². The summed E-state index contributed by atoms with van der Waals surface area (Å²) in [4.78, 5) is 36.3. The normalized spacial score (nSPS) is 11.5. The molecule has 0 saturated heterocycles. The Kier molecular flexibility index (Phi) is 6.67. The first-order valence-corrected chi connectivity index (χ1v) is 8.52. The fourth-order valence-corrected chi connectivity index (χ4v) is 2.46. The number of anilines is 1. The summed E-state index contributed by atoms with van der Waals surface area (Å²) in [7, 11) is 0. The van der Waals surface area contributed by atoms with Crippen LogP contribution in [-0.2, 0) is 14.3 Å². The lowest BCUT2D eigenvalue weighted by atomic mass is 9.99. The maximum Gasteiger partial charge on any atom is 0.307 e. The maximum atomic E-state index is 12.3. The molecule has 0 fully saturated rings. The van der Waals surface area contributed by atoms with Gasteiger partial charge in [-0.15, -0.1) is 0 Å². The molecule has 0 bridgehead atoms. The number of carbonyl (C=O) groups excluding carboxylic acids is 3. The van der Waals surface area contributed by atoms with Gasteiger partial charge in [-0.25, -0.2) is 0 Å². The molecule has 2 aromatic carbocycles. The number of carbonyl (C=O) groups is 3. The van der Waals surface area contributed by atoms with Gasteiger partial charge in [0.15, 0.2) is 11.9 Å². The van der Waals surface area contributed by atoms with E-state index in [1.54, 1.807) is 24.3 Å². The van der Waals surface area contributed by atoms with Crippen LogP contribution in [0.4, 0.5) is 5.69 Å². The minimum atomic E-state index is -0.932. The highest BCUT2D eigenvalue weighted by Crippen LogP contribution is 2.14. The zero-order valence-electron chi connectivity index (χ0n) is 15.2. The fourth-order valence-electron chi connectivity index (χ4n) is 2.46. The number of esters is 1. The highest BCUT2D eigenvalue weighted by Gasteiger charge is 2.19. The van der Waals surface area contributed by atoms with Gasteiger partial charge < -0.3 is 10.1 Å². The average Bonchev–Trinajstić information content (AvgIpc) is 2.62. The SMILES string of the molecule is Cc1ccc(C)c(C(=O)CCC(=O)O[C@@H](C)C(=O)Nc2ccccc2)c1. The van der Waals surface area contributed by atoms with Crippen LogP contribution in [0.5, 0.6) is 0 Å². The molecule has 0 saturated carbocycles. The van der Waals surface area contributed by atoms with E-state index in [0.717, 1.165) is 11.1 Å². The van der Waals surface area contributed by atoms with Crippen LogP contribution in [0.1, 0.15) is 41.3 Å². The van der Waals surface area contributed by atoms with Crippen molar-refractivity contribution in [2.45, 2.75) is 39.7 Å². The van der Waals surface area contributed by atoms with Crippen molar-refractivity contribution in [1.82, 2.24) is 0 Å². The van der Waals surface area contributed by atoms with E-state index < -0.39 is 18.0 Å². The zero-order chi connectivity index (χ0) is 19.1. The van der Waals surface area contributed by atoms with Gasteiger partial charge in [-0.3, -0.25) is 14.4 Å². The third kappa shape index (κ3) is 5.55. The molecule has 0 aromatic heterocycles. The zero-order valence-corrected chi connectivity index (χ0v) is 15.2. The van der Waals surface area contributed by atoms with Gasteiger partial charge in [-0.05, 0) is 44.5 Å². The molecule has 5 heteroatoms. The number of Topliss-reactive ketones (excluding diaryl/α,β-unsaturated/α-hetero) is 1. The van der Waals surface area contributed by atoms with Gasteiger partial charge in [0, 0.05) is 17.7 Å². The van der Waals surface area contributed by atoms with Crippen LogP contribution in [0.15, 0.2) is 48.5 Å². The second-order valence-electron chi connectivity index (χ2n) is 6.23. The van der Waals surface area contributed by atoms with E-state index in [9.17, 15) is 14.4 Å². The number of rotatable bonds is 7. The number of benzene rings is 2. The number of ketones is 1. The first kappa shape index (κ1) is 19.4. The Morgan fingerprint density at radius 3 is 2.38 bits per heavy atom. The van der Waals surface area contributed by atoms with Crippen molar-refractivity contribution < 1.29 is 19.1 Å². The van der Waals surface area contributed by atoms with Crippen molar-refractivity contribution in [1.29, 1.82) is 0 Å². The van der Waals surface area contributed by atoms with E-state index in [4.69, 9.17) is 4.74 Å². The number of para-hydroxylation sites is 1. The molecule has 0 heterocycles. The molecular formula is C21H23NO4. The van der Waals surface area contributed by atoms with Gasteiger partial charge in [-0.2, -0.15) is 0 Å². The van der Waals surface area contributed by atoms with E-state index >= 15 is 0 Å². The molecule has 0 unspecified atom stereocenters. The molecule has 1 atom stereocenters. The molecule has 1 amide bonds. The maximum absolute atomic E-state index is 12.3. The predicted molar refractivity (Wildman–Crippen MR) is 100 cm³/mol. The largest absolute Gasteiger partial charge is 0.453 e. The summed E-state index contributed by atoms with van der Waals surface area (Å²) < 4.78 is 5.12. The minimum Gasteiger partial charge on any atom is -0.453 e. The Labute approximate surface area is 153 Å². The van der Waals surface area contributed by atoms with Crippen molar-refractivity contribution in [2.75, 3.05) is 5.32 Å². The Balaban J connectivity index is 1.83. The molecule has 2 aromatic rings. The lowest BCUT2D eigenvalue weighted by molar-refractivity contribution is -0.153. The third-order valence-corrected chi connectivity index (χ3v) is 3.97. The van der Waals surface area contributed by atoms with Crippen molar-refractivity contribution in [3.63, 3.8) is 0 Å². The second kappa shape index (κ2) is 8.94. The Morgan fingerprint density at radius 2 is 1.69 bits per heavy atom. The molecule has 0 aliphatic carbocycles. The molecular weight excluding hydrogens is 330 g/mol. The Morgan fingerprint density at radius 1 is 1.00 bits per heavy atom. The monoisotopic (exact) mass is 353 g/mol. The first-order valence-electron chi connectivity index (χ1n) is 8.52. The van der Waals surface area contributed by atoms with E-state index in [0.29, 0.717) is 11.3 Å². The van der Waals surface area contributed by atoms with Crippen LogP contribution >= 0.6 is 0 Å². The molecule has 0 aliphatic heterocycles. The van der Waals surface area contributed by atoms with Crippen LogP contribution in [0.3, 0.4) is 0 Å². The van der Waals surface area contributed by atoms with Crippen molar-refractivity contribution >= 4 is 23.3 Å². The summed E-state index contributed by atoms with van der Waals surface area (Å²) in [6, 6.07) is 14.6. The second-order valence-corrected chi connectivity index (χ2v) is 6.23. The summed E-state index contributed by atoms with van der Waals surface area (Å²) in [6.45, 7) is 5.28. The summed E-state index contributed by atoms with van der Waals surface area (Å²) in [5.41, 5.74) is 3.12. The highest BCUT2D eigenvalue weighted by molar-refractivity contribution is 5.99. The Hall–Kier alpha value is -2.95. The minimum absolute atomic E-state index is 0.0517. The lowest BCUT2D eigenvalue weighted by Gasteiger charge is -2.13. The predicted octanol–water partition coefficient (Wildman–Crippen LogP) is 3.84. The van der Waals surface area contributed by atoms with Crippen LogP contribution in [0.25, 0.3) is 0 Å².